The smallest absolute Gasteiger partial charge is 0.303 e. The topological polar surface area (TPSA) is 37.3 Å². The summed E-state index contributed by atoms with van der Waals surface area (Å²) in [7, 11) is 0. The van der Waals surface area contributed by atoms with Crippen LogP contribution in [0.1, 0.15) is 47.1 Å². The van der Waals surface area contributed by atoms with E-state index < -0.39 is 5.97 Å². The second kappa shape index (κ2) is 6.35. The molecule has 0 heterocycles. The molecule has 0 bridgehead atoms. The number of carbonyl (C=O) groups is 1. The summed E-state index contributed by atoms with van der Waals surface area (Å²) in [4.78, 5) is 11.0. The van der Waals surface area contributed by atoms with Gasteiger partial charge in [0.1, 0.15) is 0 Å². The second-order valence-electron chi connectivity index (χ2n) is 6.32. The number of aliphatic carboxylic acids is 1. The maximum atomic E-state index is 11.0. The summed E-state index contributed by atoms with van der Waals surface area (Å²) in [6, 6.07) is 10.8. The van der Waals surface area contributed by atoms with Gasteiger partial charge in [-0.15, -0.1) is 0 Å². The largest absolute Gasteiger partial charge is 0.481 e. The van der Waals surface area contributed by atoms with E-state index >= 15 is 0 Å². The van der Waals surface area contributed by atoms with Crippen LogP contribution in [0.4, 0.5) is 0 Å². The molecule has 0 unspecified atom stereocenters. The maximum Gasteiger partial charge on any atom is 0.303 e. The summed E-state index contributed by atoms with van der Waals surface area (Å²) in [5.74, 6) is -0.733. The summed E-state index contributed by atoms with van der Waals surface area (Å²) in [5.41, 5.74) is 8.44. The zero-order valence-corrected chi connectivity index (χ0v) is 14.0. The van der Waals surface area contributed by atoms with Crippen molar-refractivity contribution >= 4 is 5.97 Å². The van der Waals surface area contributed by atoms with Gasteiger partial charge < -0.3 is 5.11 Å². The maximum absolute atomic E-state index is 11.0. The van der Waals surface area contributed by atoms with Gasteiger partial charge >= 0.3 is 5.97 Å². The minimum Gasteiger partial charge on any atom is -0.481 e. The Morgan fingerprint density at radius 2 is 1.73 bits per heavy atom. The molecular formula is C20H24O2. The molecule has 0 aromatic heterocycles. The van der Waals surface area contributed by atoms with E-state index in [-0.39, 0.29) is 12.3 Å². The lowest BCUT2D eigenvalue weighted by atomic mass is 9.87. The van der Waals surface area contributed by atoms with Crippen LogP contribution in [0.15, 0.2) is 30.3 Å². The van der Waals surface area contributed by atoms with E-state index in [0.717, 1.165) is 5.56 Å². The molecule has 0 spiro atoms. The number of rotatable bonds is 4. The first kappa shape index (κ1) is 16.3. The molecule has 0 aliphatic carbocycles. The van der Waals surface area contributed by atoms with Gasteiger partial charge in [-0.3, -0.25) is 4.79 Å². The van der Waals surface area contributed by atoms with E-state index in [0.29, 0.717) is 0 Å². The Balaban J connectivity index is 2.54. The highest BCUT2D eigenvalue weighted by Gasteiger charge is 2.15. The first-order valence-electron chi connectivity index (χ1n) is 7.70. The highest BCUT2D eigenvalue weighted by Crippen LogP contribution is 2.32. The molecule has 2 nitrogen and oxygen atoms in total. The third-order valence-electron chi connectivity index (χ3n) is 4.41. The minimum absolute atomic E-state index is 0.0157. The number of carboxylic acid groups (broad SMARTS) is 1. The molecule has 0 radical (unpaired) electrons. The van der Waals surface area contributed by atoms with Gasteiger partial charge in [0.25, 0.3) is 0 Å². The van der Waals surface area contributed by atoms with Crippen LogP contribution in [0.3, 0.4) is 0 Å². The third kappa shape index (κ3) is 3.38. The molecule has 2 aromatic carbocycles. The Morgan fingerprint density at radius 3 is 2.32 bits per heavy atom. The number of hydrogen-bond acceptors (Lipinski definition) is 1. The molecule has 0 saturated heterocycles. The van der Waals surface area contributed by atoms with Crippen LogP contribution in [0.25, 0.3) is 11.1 Å². The lowest BCUT2D eigenvalue weighted by molar-refractivity contribution is -0.137. The Kier molecular flexibility index (Phi) is 4.70. The van der Waals surface area contributed by atoms with Crippen molar-refractivity contribution in [2.75, 3.05) is 0 Å². The van der Waals surface area contributed by atoms with Gasteiger partial charge in [0.15, 0.2) is 0 Å². The van der Waals surface area contributed by atoms with Crippen molar-refractivity contribution in [2.45, 2.75) is 47.0 Å². The zero-order valence-electron chi connectivity index (χ0n) is 14.0. The predicted molar refractivity (Wildman–Crippen MR) is 91.5 cm³/mol. The van der Waals surface area contributed by atoms with Crippen LogP contribution < -0.4 is 0 Å². The minimum atomic E-state index is -0.749. The fourth-order valence-electron chi connectivity index (χ4n) is 3.06. The molecule has 0 aliphatic heterocycles. The first-order valence-corrected chi connectivity index (χ1v) is 7.70. The van der Waals surface area contributed by atoms with Crippen LogP contribution in [0.2, 0.25) is 0 Å². The Morgan fingerprint density at radius 1 is 1.05 bits per heavy atom. The van der Waals surface area contributed by atoms with E-state index in [1.807, 2.05) is 6.92 Å². The van der Waals surface area contributed by atoms with E-state index in [9.17, 15) is 4.79 Å². The first-order chi connectivity index (χ1) is 10.3. The Hall–Kier alpha value is -2.09. The highest BCUT2D eigenvalue weighted by molar-refractivity contribution is 5.71. The van der Waals surface area contributed by atoms with Gasteiger partial charge in [-0.2, -0.15) is 0 Å². The highest BCUT2D eigenvalue weighted by atomic mass is 16.4. The van der Waals surface area contributed by atoms with E-state index in [1.54, 1.807) is 0 Å². The Labute approximate surface area is 132 Å². The molecule has 0 saturated carbocycles. The van der Waals surface area contributed by atoms with Crippen molar-refractivity contribution in [1.82, 2.24) is 0 Å². The van der Waals surface area contributed by atoms with Gasteiger partial charge in [-0.25, -0.2) is 0 Å². The summed E-state index contributed by atoms with van der Waals surface area (Å²) >= 11 is 0. The summed E-state index contributed by atoms with van der Waals surface area (Å²) in [6.07, 6.45) is 0.163. The van der Waals surface area contributed by atoms with Crippen molar-refractivity contribution in [1.29, 1.82) is 0 Å². The van der Waals surface area contributed by atoms with Crippen molar-refractivity contribution in [3.05, 3.63) is 58.1 Å². The average Bonchev–Trinajstić information content (AvgIpc) is 2.41. The predicted octanol–water partition coefficient (Wildman–Crippen LogP) is 5.17. The molecular weight excluding hydrogens is 272 g/mol. The SMILES string of the molecule is Cc1ccc(-c2cc(C)c(C)c([C@@H](C)CC(=O)O)c2)c(C)c1. The van der Waals surface area contributed by atoms with Crippen LogP contribution in [-0.2, 0) is 4.79 Å². The molecule has 0 amide bonds. The number of aryl methyl sites for hydroxylation is 3. The van der Waals surface area contributed by atoms with Crippen molar-refractivity contribution in [2.24, 2.45) is 0 Å². The molecule has 2 heteroatoms. The summed E-state index contributed by atoms with van der Waals surface area (Å²) in [6.45, 7) is 10.4. The van der Waals surface area contributed by atoms with Crippen molar-refractivity contribution < 1.29 is 9.90 Å². The third-order valence-corrected chi connectivity index (χ3v) is 4.41. The van der Waals surface area contributed by atoms with Crippen molar-refractivity contribution in [3.8, 4) is 11.1 Å². The molecule has 22 heavy (non-hydrogen) atoms. The summed E-state index contributed by atoms with van der Waals surface area (Å²) in [5, 5.41) is 9.07. The number of benzene rings is 2. The van der Waals surface area contributed by atoms with Gasteiger partial charge in [0, 0.05) is 0 Å². The molecule has 1 N–H and O–H groups in total. The molecule has 2 aromatic rings. The van der Waals surface area contributed by atoms with Gasteiger partial charge in [0.05, 0.1) is 6.42 Å². The molecule has 0 aliphatic rings. The summed E-state index contributed by atoms with van der Waals surface area (Å²) < 4.78 is 0. The van der Waals surface area contributed by atoms with Crippen LogP contribution in [0, 0.1) is 27.7 Å². The van der Waals surface area contributed by atoms with Crippen LogP contribution in [-0.4, -0.2) is 11.1 Å². The monoisotopic (exact) mass is 296 g/mol. The van der Waals surface area contributed by atoms with Crippen LogP contribution >= 0.6 is 0 Å². The normalized spacial score (nSPS) is 12.2. The molecule has 0 fully saturated rings. The van der Waals surface area contributed by atoms with Crippen molar-refractivity contribution in [3.63, 3.8) is 0 Å². The molecule has 116 valence electrons. The number of hydrogen-bond donors (Lipinski definition) is 1. The standard InChI is InChI=1S/C20H24O2/c1-12-6-7-18(14(3)8-12)17-9-13(2)16(5)19(11-17)15(4)10-20(21)22/h6-9,11,15H,10H2,1-5H3,(H,21,22)/t15-/m0/s1. The Bertz CT molecular complexity index is 714. The van der Waals surface area contributed by atoms with Gasteiger partial charge in [-0.1, -0.05) is 42.8 Å². The molecule has 1 atom stereocenters. The lowest BCUT2D eigenvalue weighted by Gasteiger charge is -2.18. The second-order valence-corrected chi connectivity index (χ2v) is 6.32. The van der Waals surface area contributed by atoms with Crippen LogP contribution in [0.5, 0.6) is 0 Å². The zero-order chi connectivity index (χ0) is 16.4. The fourth-order valence-corrected chi connectivity index (χ4v) is 3.06. The fraction of sp³-hybridized carbons (Fsp3) is 0.350. The lowest BCUT2D eigenvalue weighted by Crippen LogP contribution is -2.05. The van der Waals surface area contributed by atoms with Gasteiger partial charge in [-0.05, 0) is 67.0 Å². The molecule has 2 rings (SSSR count). The van der Waals surface area contributed by atoms with Gasteiger partial charge in [0.2, 0.25) is 0 Å². The van der Waals surface area contributed by atoms with E-state index in [4.69, 9.17) is 5.11 Å². The average molecular weight is 296 g/mol. The van der Waals surface area contributed by atoms with E-state index in [2.05, 4.69) is 58.0 Å². The number of carboxylic acids is 1. The van der Waals surface area contributed by atoms with E-state index in [1.165, 1.54) is 33.4 Å². The quantitative estimate of drug-likeness (QED) is 0.845.